The summed E-state index contributed by atoms with van der Waals surface area (Å²) < 4.78 is 7.67. The third-order valence-corrected chi connectivity index (χ3v) is 3.72. The van der Waals surface area contributed by atoms with Crippen LogP contribution in [0.1, 0.15) is 31.3 Å². The van der Waals surface area contributed by atoms with Crippen LogP contribution in [0.5, 0.6) is 0 Å². The summed E-state index contributed by atoms with van der Waals surface area (Å²) in [6.07, 6.45) is 2.19. The Morgan fingerprint density at radius 1 is 1.50 bits per heavy atom. The molecule has 1 saturated heterocycles. The van der Waals surface area contributed by atoms with E-state index in [0.717, 1.165) is 31.9 Å². The number of nitrogens with zero attached hydrogens (tertiary/aromatic N) is 4. The number of ether oxygens (including phenoxy) is 1. The highest BCUT2D eigenvalue weighted by Crippen LogP contribution is 2.18. The van der Waals surface area contributed by atoms with Crippen molar-refractivity contribution in [3.63, 3.8) is 0 Å². The minimum absolute atomic E-state index is 0.210. The molecule has 6 heteroatoms. The second-order valence-electron chi connectivity index (χ2n) is 5.06. The molecule has 0 amide bonds. The molecule has 2 heterocycles. The lowest BCUT2D eigenvalue weighted by Crippen LogP contribution is -2.47. The maximum atomic E-state index is 5.79. The first-order valence-corrected chi connectivity index (χ1v) is 7.37. The zero-order valence-corrected chi connectivity index (χ0v) is 12.8. The lowest BCUT2D eigenvalue weighted by atomic mass is 10.2. The lowest BCUT2D eigenvalue weighted by Gasteiger charge is -2.35. The van der Waals surface area contributed by atoms with E-state index in [1.165, 1.54) is 0 Å². The minimum atomic E-state index is 0.210. The second kappa shape index (κ2) is 6.12. The molecule has 0 radical (unpaired) electrons. The van der Waals surface area contributed by atoms with E-state index in [-0.39, 0.29) is 10.9 Å². The van der Waals surface area contributed by atoms with E-state index >= 15 is 0 Å². The molecule has 0 saturated carbocycles. The molecule has 0 spiro atoms. The molecule has 0 N–H and O–H groups in total. The number of hydrogen-bond donors (Lipinski definition) is 0. The topological polar surface area (TPSA) is 43.2 Å². The minimum Gasteiger partial charge on any atom is -0.374 e. The predicted molar refractivity (Wildman–Crippen MR) is 73.8 cm³/mol. The van der Waals surface area contributed by atoms with E-state index in [1.807, 2.05) is 17.8 Å². The highest BCUT2D eigenvalue weighted by Gasteiger charge is 2.23. The van der Waals surface area contributed by atoms with Gasteiger partial charge in [-0.25, -0.2) is 4.68 Å². The van der Waals surface area contributed by atoms with E-state index in [2.05, 4.69) is 45.0 Å². The normalized spacial score (nSPS) is 23.5. The van der Waals surface area contributed by atoms with E-state index in [4.69, 9.17) is 4.74 Å². The van der Waals surface area contributed by atoms with Gasteiger partial charge in [-0.2, -0.15) is 0 Å². The maximum absolute atomic E-state index is 5.79. The zero-order chi connectivity index (χ0) is 13.1. The number of halogens is 1. The summed E-state index contributed by atoms with van der Waals surface area (Å²) in [7, 11) is 0. The molecule has 1 aromatic rings. The van der Waals surface area contributed by atoms with Crippen molar-refractivity contribution in [2.24, 2.45) is 0 Å². The molecule has 102 valence electrons. The van der Waals surface area contributed by atoms with Crippen LogP contribution in [-0.4, -0.2) is 51.7 Å². The van der Waals surface area contributed by atoms with Gasteiger partial charge in [-0.05, 0) is 20.8 Å². The van der Waals surface area contributed by atoms with E-state index in [1.54, 1.807) is 0 Å². The number of alkyl halides is 1. The molecule has 1 aliphatic heterocycles. The lowest BCUT2D eigenvalue weighted by molar-refractivity contribution is -0.0471. The first kappa shape index (κ1) is 14.0. The summed E-state index contributed by atoms with van der Waals surface area (Å²) in [4.78, 5) is 2.68. The fraction of sp³-hybridized carbons (Fsp3) is 0.833. The Balaban J connectivity index is 1.92. The smallest absolute Gasteiger partial charge is 0.0960 e. The van der Waals surface area contributed by atoms with Crippen LogP contribution in [0, 0.1) is 0 Å². The average Bonchev–Trinajstić information content (AvgIpc) is 2.78. The van der Waals surface area contributed by atoms with E-state index in [9.17, 15) is 0 Å². The van der Waals surface area contributed by atoms with Gasteiger partial charge in [0.2, 0.25) is 0 Å². The number of rotatable bonds is 4. The Morgan fingerprint density at radius 2 is 2.28 bits per heavy atom. The molecule has 0 aromatic carbocycles. The van der Waals surface area contributed by atoms with Crippen LogP contribution < -0.4 is 0 Å². The standard InChI is InChI=1S/C12H21BrN4O/c1-9(2)16-4-5-18-11(6-16)7-17-8-12(10(3)13)14-15-17/h8-11H,4-7H2,1-3H3. The van der Waals surface area contributed by atoms with Gasteiger partial charge in [0.15, 0.2) is 0 Å². The van der Waals surface area contributed by atoms with Gasteiger partial charge in [-0.15, -0.1) is 5.10 Å². The zero-order valence-electron chi connectivity index (χ0n) is 11.2. The number of aromatic nitrogens is 3. The van der Waals surface area contributed by atoms with Gasteiger partial charge in [-0.1, -0.05) is 21.1 Å². The largest absolute Gasteiger partial charge is 0.374 e. The third kappa shape index (κ3) is 3.52. The summed E-state index contributed by atoms with van der Waals surface area (Å²) in [5.74, 6) is 0. The van der Waals surface area contributed by atoms with Gasteiger partial charge >= 0.3 is 0 Å². The molecule has 0 bridgehead atoms. The van der Waals surface area contributed by atoms with Crippen molar-refractivity contribution in [2.75, 3.05) is 19.7 Å². The molecular formula is C12H21BrN4O. The number of hydrogen-bond acceptors (Lipinski definition) is 4. The molecule has 2 atom stereocenters. The van der Waals surface area contributed by atoms with Crippen LogP contribution in [0.15, 0.2) is 6.20 Å². The van der Waals surface area contributed by atoms with Crippen LogP contribution >= 0.6 is 15.9 Å². The first-order chi connectivity index (χ1) is 8.56. The third-order valence-electron chi connectivity index (χ3n) is 3.26. The molecule has 0 aliphatic carbocycles. The quantitative estimate of drug-likeness (QED) is 0.795. The Hall–Kier alpha value is -0.460. The van der Waals surface area contributed by atoms with Gasteiger partial charge in [0.1, 0.15) is 0 Å². The summed E-state index contributed by atoms with van der Waals surface area (Å²) >= 11 is 3.49. The van der Waals surface area contributed by atoms with E-state index < -0.39 is 0 Å². The SMILES string of the molecule is CC(Br)c1cn(CC2CN(C(C)C)CCO2)nn1. The Morgan fingerprint density at radius 3 is 2.89 bits per heavy atom. The van der Waals surface area contributed by atoms with Crippen LogP contribution in [0.3, 0.4) is 0 Å². The van der Waals surface area contributed by atoms with Gasteiger partial charge < -0.3 is 4.74 Å². The molecule has 18 heavy (non-hydrogen) atoms. The summed E-state index contributed by atoms with van der Waals surface area (Å²) in [5.41, 5.74) is 0.964. The second-order valence-corrected chi connectivity index (χ2v) is 6.44. The molecule has 2 rings (SSSR count). The molecule has 1 aliphatic rings. The van der Waals surface area contributed by atoms with Crippen molar-refractivity contribution in [1.29, 1.82) is 0 Å². The average molecular weight is 317 g/mol. The van der Waals surface area contributed by atoms with Crippen LogP contribution in [0.4, 0.5) is 0 Å². The maximum Gasteiger partial charge on any atom is 0.0960 e. The summed E-state index contributed by atoms with van der Waals surface area (Å²) in [6.45, 7) is 10.1. The molecule has 5 nitrogen and oxygen atoms in total. The Labute approximate surface area is 117 Å². The predicted octanol–water partition coefficient (Wildman–Crippen LogP) is 1.84. The Bertz CT molecular complexity index is 380. The molecule has 1 fully saturated rings. The van der Waals surface area contributed by atoms with Gasteiger partial charge in [-0.3, -0.25) is 4.90 Å². The van der Waals surface area contributed by atoms with Gasteiger partial charge in [0, 0.05) is 25.3 Å². The number of morpholine rings is 1. The fourth-order valence-electron chi connectivity index (χ4n) is 2.12. The van der Waals surface area contributed by atoms with E-state index in [0.29, 0.717) is 6.04 Å². The van der Waals surface area contributed by atoms with Crippen molar-refractivity contribution < 1.29 is 4.74 Å². The van der Waals surface area contributed by atoms with Crippen molar-refractivity contribution in [3.8, 4) is 0 Å². The van der Waals surface area contributed by atoms with Crippen LogP contribution in [0.2, 0.25) is 0 Å². The molecular weight excluding hydrogens is 296 g/mol. The van der Waals surface area contributed by atoms with Crippen molar-refractivity contribution in [1.82, 2.24) is 19.9 Å². The van der Waals surface area contributed by atoms with Crippen molar-refractivity contribution in [2.45, 2.75) is 44.3 Å². The van der Waals surface area contributed by atoms with Crippen LogP contribution in [0.25, 0.3) is 0 Å². The van der Waals surface area contributed by atoms with Gasteiger partial charge in [0.05, 0.1) is 29.8 Å². The highest BCUT2D eigenvalue weighted by atomic mass is 79.9. The first-order valence-electron chi connectivity index (χ1n) is 6.46. The van der Waals surface area contributed by atoms with Crippen LogP contribution in [-0.2, 0) is 11.3 Å². The summed E-state index contributed by atoms with van der Waals surface area (Å²) in [5, 5.41) is 8.27. The molecule has 2 unspecified atom stereocenters. The summed E-state index contributed by atoms with van der Waals surface area (Å²) in [6, 6.07) is 0.574. The monoisotopic (exact) mass is 316 g/mol. The van der Waals surface area contributed by atoms with Crippen molar-refractivity contribution in [3.05, 3.63) is 11.9 Å². The Kier molecular flexibility index (Phi) is 4.75. The van der Waals surface area contributed by atoms with Gasteiger partial charge in [0.25, 0.3) is 0 Å². The molecule has 1 aromatic heterocycles. The highest BCUT2D eigenvalue weighted by molar-refractivity contribution is 9.09. The fourth-order valence-corrected chi connectivity index (χ4v) is 2.32. The van der Waals surface area contributed by atoms with Crippen molar-refractivity contribution >= 4 is 15.9 Å².